The summed E-state index contributed by atoms with van der Waals surface area (Å²) in [5, 5.41) is 0. The molecule has 0 spiro atoms. The summed E-state index contributed by atoms with van der Waals surface area (Å²) < 4.78 is 0. The van der Waals surface area contributed by atoms with Gasteiger partial charge in [0.1, 0.15) is 0 Å². The molecular weight excluding hydrogens is 148 g/mol. The number of allylic oxidation sites excluding steroid dienone is 2. The Hall–Kier alpha value is -0.920. The Morgan fingerprint density at radius 2 is 1.25 bits per heavy atom. The maximum atomic E-state index is 5.15. The van der Waals surface area contributed by atoms with Crippen molar-refractivity contribution in [2.24, 2.45) is 11.5 Å². The normalized spacial score (nSPS) is 7.00. The van der Waals surface area contributed by atoms with Gasteiger partial charge < -0.3 is 11.5 Å². The van der Waals surface area contributed by atoms with Gasteiger partial charge in [0.2, 0.25) is 0 Å². The highest BCUT2D eigenvalue weighted by atomic mass is 14.5. The fraction of sp³-hybridized carbons (Fsp3) is 0.600. The van der Waals surface area contributed by atoms with Crippen LogP contribution in [0.15, 0.2) is 24.6 Å². The number of hydrogen-bond donors (Lipinski definition) is 2. The molecule has 2 heteroatoms. The van der Waals surface area contributed by atoms with Gasteiger partial charge in [-0.05, 0) is 20.0 Å². The van der Waals surface area contributed by atoms with Crippen molar-refractivity contribution in [3.63, 3.8) is 0 Å². The van der Waals surface area contributed by atoms with Crippen LogP contribution in [0, 0.1) is 0 Å². The molecule has 0 aliphatic carbocycles. The summed E-state index contributed by atoms with van der Waals surface area (Å²) in [5.74, 6) is 0. The van der Waals surface area contributed by atoms with Crippen molar-refractivity contribution in [3.05, 3.63) is 24.6 Å². The monoisotopic (exact) mass is 174 g/mol. The van der Waals surface area contributed by atoms with Crippen molar-refractivity contribution in [3.8, 4) is 0 Å². The molecule has 0 atom stereocenters. The molecule has 0 aliphatic rings. The summed E-state index contributed by atoms with van der Waals surface area (Å²) in [5.41, 5.74) is 10.6. The Balaban J connectivity index is -0.0000000397. The molecule has 0 aromatic carbocycles. The van der Waals surface area contributed by atoms with E-state index in [0.717, 1.165) is 5.70 Å². The van der Waals surface area contributed by atoms with Crippen molar-refractivity contribution < 1.29 is 0 Å². The smallest absolute Gasteiger partial charge is 0.000552 e. The summed E-state index contributed by atoms with van der Waals surface area (Å²) in [6, 6.07) is 0. The van der Waals surface area contributed by atoms with E-state index in [1.165, 1.54) is 6.20 Å². The summed E-state index contributed by atoms with van der Waals surface area (Å²) in [7, 11) is 0. The lowest BCUT2D eigenvalue weighted by Gasteiger charge is -1.76. The Kier molecular flexibility index (Phi) is 93.4. The zero-order chi connectivity index (χ0) is 11.0. The van der Waals surface area contributed by atoms with Gasteiger partial charge in [0, 0.05) is 5.70 Å². The first-order valence-corrected chi connectivity index (χ1v) is 4.40. The Morgan fingerprint density at radius 3 is 1.25 bits per heavy atom. The van der Waals surface area contributed by atoms with E-state index in [2.05, 4.69) is 12.3 Å². The third-order valence-corrected chi connectivity index (χ3v) is 0.455. The van der Waals surface area contributed by atoms with Crippen LogP contribution < -0.4 is 11.5 Å². The number of hydrogen-bond acceptors (Lipinski definition) is 2. The number of rotatable bonds is 0. The van der Waals surface area contributed by atoms with Gasteiger partial charge in [-0.2, -0.15) is 0 Å². The lowest BCUT2D eigenvalue weighted by Crippen LogP contribution is -1.86. The topological polar surface area (TPSA) is 52.0 Å². The minimum atomic E-state index is 0.880. The van der Waals surface area contributed by atoms with E-state index in [4.69, 9.17) is 5.73 Å². The highest BCUT2D eigenvalue weighted by molar-refractivity contribution is 4.86. The zero-order valence-electron chi connectivity index (χ0n) is 9.52. The van der Waals surface area contributed by atoms with Crippen molar-refractivity contribution in [2.45, 2.75) is 41.5 Å². The second-order valence-corrected chi connectivity index (χ2v) is 1.27. The van der Waals surface area contributed by atoms with Crippen LogP contribution >= 0.6 is 0 Å². The molecule has 0 bridgehead atoms. The van der Waals surface area contributed by atoms with Gasteiger partial charge in [-0.3, -0.25) is 0 Å². The quantitative estimate of drug-likeness (QED) is 0.593. The second-order valence-electron chi connectivity index (χ2n) is 1.27. The molecule has 0 saturated heterocycles. The third kappa shape index (κ3) is 508. The van der Waals surface area contributed by atoms with E-state index < -0.39 is 0 Å². The molecular formula is C10H26N2. The molecule has 0 aromatic heterocycles. The van der Waals surface area contributed by atoms with Gasteiger partial charge in [0.25, 0.3) is 0 Å². The average molecular weight is 174 g/mol. The maximum absolute atomic E-state index is 5.15. The fourth-order valence-corrected chi connectivity index (χ4v) is 0. The third-order valence-electron chi connectivity index (χ3n) is 0.455. The van der Waals surface area contributed by atoms with Crippen LogP contribution in [-0.4, -0.2) is 0 Å². The molecule has 0 aromatic rings. The first-order valence-electron chi connectivity index (χ1n) is 4.40. The molecule has 0 fully saturated rings. The van der Waals surface area contributed by atoms with Crippen LogP contribution in [0.1, 0.15) is 41.5 Å². The minimum absolute atomic E-state index is 0.880. The molecule has 0 aliphatic heterocycles. The first kappa shape index (κ1) is 22.5. The van der Waals surface area contributed by atoms with Crippen LogP contribution in [0.3, 0.4) is 0 Å². The predicted octanol–water partition coefficient (Wildman–Crippen LogP) is 3.01. The van der Waals surface area contributed by atoms with Crippen LogP contribution in [0.25, 0.3) is 0 Å². The van der Waals surface area contributed by atoms with Gasteiger partial charge in [-0.25, -0.2) is 0 Å². The van der Waals surface area contributed by atoms with Gasteiger partial charge in [-0.15, -0.1) is 0 Å². The van der Waals surface area contributed by atoms with Crippen molar-refractivity contribution in [1.82, 2.24) is 0 Å². The summed E-state index contributed by atoms with van der Waals surface area (Å²) in [6.45, 7) is 14.9. The largest absolute Gasteiger partial charge is 0.405 e. The predicted molar refractivity (Wildman–Crippen MR) is 60.7 cm³/mol. The molecule has 0 radical (unpaired) electrons. The average Bonchev–Trinajstić information content (AvgIpc) is 2.13. The van der Waals surface area contributed by atoms with E-state index in [0.29, 0.717) is 0 Å². The molecule has 0 saturated carbocycles. The van der Waals surface area contributed by atoms with E-state index in [-0.39, 0.29) is 0 Å². The van der Waals surface area contributed by atoms with Crippen LogP contribution in [0.5, 0.6) is 0 Å². The van der Waals surface area contributed by atoms with Gasteiger partial charge in [-0.1, -0.05) is 40.3 Å². The molecule has 12 heavy (non-hydrogen) atoms. The Labute approximate surface area is 78.3 Å². The lowest BCUT2D eigenvalue weighted by molar-refractivity contribution is 1.29. The van der Waals surface area contributed by atoms with E-state index in [9.17, 15) is 0 Å². The molecule has 0 amide bonds. The van der Waals surface area contributed by atoms with Crippen molar-refractivity contribution in [2.75, 3.05) is 0 Å². The highest BCUT2D eigenvalue weighted by Crippen LogP contribution is 1.71. The summed E-state index contributed by atoms with van der Waals surface area (Å²) >= 11 is 0. The second kappa shape index (κ2) is 49.9. The van der Waals surface area contributed by atoms with Crippen molar-refractivity contribution >= 4 is 0 Å². The lowest BCUT2D eigenvalue weighted by atomic mass is 10.5. The Morgan fingerprint density at radius 1 is 1.17 bits per heavy atom. The van der Waals surface area contributed by atoms with E-state index in [1.54, 1.807) is 0 Å². The van der Waals surface area contributed by atoms with E-state index >= 15 is 0 Å². The van der Waals surface area contributed by atoms with Crippen LogP contribution in [-0.2, 0) is 0 Å². The highest BCUT2D eigenvalue weighted by Gasteiger charge is 1.60. The van der Waals surface area contributed by atoms with Crippen LogP contribution in [0.2, 0.25) is 0 Å². The molecule has 2 nitrogen and oxygen atoms in total. The fourth-order valence-electron chi connectivity index (χ4n) is 0. The van der Waals surface area contributed by atoms with Gasteiger partial charge in [0.15, 0.2) is 0 Å². The molecule has 0 unspecified atom stereocenters. The number of nitrogens with two attached hydrogens (primary N) is 2. The molecule has 0 heterocycles. The summed E-state index contributed by atoms with van der Waals surface area (Å²) in [6.07, 6.45) is 3.11. The Bertz CT molecular complexity index is 71.9. The SMILES string of the molecule is C/C=C(/C)N.C=CN.CC.CC. The summed E-state index contributed by atoms with van der Waals surface area (Å²) in [4.78, 5) is 0. The molecule has 0 rings (SSSR count). The zero-order valence-corrected chi connectivity index (χ0v) is 9.52. The van der Waals surface area contributed by atoms with Crippen LogP contribution in [0.4, 0.5) is 0 Å². The first-order chi connectivity index (χ1) is 5.68. The van der Waals surface area contributed by atoms with E-state index in [1.807, 2.05) is 47.6 Å². The standard InChI is InChI=1S/C4H9N.C2H5N.2C2H6/c1-3-4(2)5;1-2-3;2*1-2/h3H,5H2,1-2H3;2H,1,3H2;2*1-2H3/b4-3-;;;. The van der Waals surface area contributed by atoms with Gasteiger partial charge in [0.05, 0.1) is 0 Å². The minimum Gasteiger partial charge on any atom is -0.405 e. The molecule has 4 N–H and O–H groups in total. The molecule has 76 valence electrons. The van der Waals surface area contributed by atoms with Gasteiger partial charge >= 0.3 is 0 Å². The van der Waals surface area contributed by atoms with Crippen molar-refractivity contribution in [1.29, 1.82) is 0 Å². The maximum Gasteiger partial charge on any atom is 0.000552 e.